The van der Waals surface area contributed by atoms with Gasteiger partial charge >= 0.3 is 5.17 Å². The smallest absolute Gasteiger partial charge is 0.310 e. The second kappa shape index (κ2) is 5.10. The van der Waals surface area contributed by atoms with Crippen LogP contribution >= 0.6 is 11.8 Å². The highest BCUT2D eigenvalue weighted by molar-refractivity contribution is 8.15. The van der Waals surface area contributed by atoms with Gasteiger partial charge in [-0.1, -0.05) is 0 Å². The Morgan fingerprint density at radius 1 is 1.24 bits per heavy atom. The molecule has 1 saturated heterocycles. The van der Waals surface area contributed by atoms with E-state index in [1.54, 1.807) is 20.3 Å². The largest absolute Gasteiger partial charge is 0.493 e. The number of hydrogen-bond donors (Lipinski definition) is 1. The Morgan fingerprint density at radius 2 is 1.95 bits per heavy atom. The first-order valence-electron chi connectivity index (χ1n) is 6.46. The molecule has 2 aliphatic rings. The summed E-state index contributed by atoms with van der Waals surface area (Å²) in [6, 6.07) is 5.36. The number of amidine groups is 1. The Labute approximate surface area is 127 Å². The normalized spacial score (nSPS) is 26.8. The predicted molar refractivity (Wildman–Crippen MR) is 82.5 cm³/mol. The summed E-state index contributed by atoms with van der Waals surface area (Å²) in [7, 11) is 0.153. The first-order valence-corrected chi connectivity index (χ1v) is 9.16. The first-order chi connectivity index (χ1) is 9.95. The summed E-state index contributed by atoms with van der Waals surface area (Å²) in [6.07, 6.45) is 0. The van der Waals surface area contributed by atoms with Crippen LogP contribution in [0.3, 0.4) is 0 Å². The average Bonchev–Trinajstić information content (AvgIpc) is 2.88. The highest BCUT2D eigenvalue weighted by atomic mass is 32.2. The van der Waals surface area contributed by atoms with E-state index in [-0.39, 0.29) is 22.8 Å². The Bertz CT molecular complexity index is 715. The highest BCUT2D eigenvalue weighted by Crippen LogP contribution is 2.39. The van der Waals surface area contributed by atoms with E-state index < -0.39 is 9.84 Å². The molecule has 2 N–H and O–H groups in total. The minimum absolute atomic E-state index is 0.00287. The van der Waals surface area contributed by atoms with Gasteiger partial charge in [-0.3, -0.25) is 5.73 Å². The molecular formula is C13H17N2O4S2+. The van der Waals surface area contributed by atoms with Gasteiger partial charge in [0.1, 0.15) is 11.7 Å². The second-order valence-electron chi connectivity index (χ2n) is 5.05. The molecule has 2 atom stereocenters. The molecule has 0 aliphatic carbocycles. The van der Waals surface area contributed by atoms with Crippen molar-refractivity contribution in [2.75, 3.05) is 25.7 Å². The van der Waals surface area contributed by atoms with Crippen molar-refractivity contribution in [3.8, 4) is 11.5 Å². The predicted octanol–water partition coefficient (Wildman–Crippen LogP) is 0.575. The summed E-state index contributed by atoms with van der Waals surface area (Å²) >= 11 is 1.43. The summed E-state index contributed by atoms with van der Waals surface area (Å²) in [4.78, 5) is 0. The molecule has 6 nitrogen and oxygen atoms in total. The maximum atomic E-state index is 11.8. The van der Waals surface area contributed by atoms with Gasteiger partial charge in [-0.25, -0.2) is 13.0 Å². The van der Waals surface area contributed by atoms with Crippen molar-refractivity contribution in [2.45, 2.75) is 11.3 Å². The van der Waals surface area contributed by atoms with E-state index in [9.17, 15) is 8.42 Å². The Balaban J connectivity index is 2.02. The van der Waals surface area contributed by atoms with Crippen molar-refractivity contribution in [1.29, 1.82) is 0 Å². The minimum Gasteiger partial charge on any atom is -0.493 e. The fraction of sp³-hybridized carbons (Fsp3) is 0.462. The monoisotopic (exact) mass is 329 g/mol. The zero-order valence-corrected chi connectivity index (χ0v) is 13.4. The van der Waals surface area contributed by atoms with Gasteiger partial charge in [-0.15, -0.1) is 0 Å². The van der Waals surface area contributed by atoms with Gasteiger partial charge in [0.05, 0.1) is 31.0 Å². The summed E-state index contributed by atoms with van der Waals surface area (Å²) in [5, 5.41) is 0.634. The lowest BCUT2D eigenvalue weighted by Crippen LogP contribution is -2.29. The quantitative estimate of drug-likeness (QED) is 0.817. The fourth-order valence-corrected chi connectivity index (χ4v) is 6.64. The maximum Gasteiger partial charge on any atom is 0.310 e. The van der Waals surface area contributed by atoms with Crippen molar-refractivity contribution >= 4 is 32.5 Å². The summed E-state index contributed by atoms with van der Waals surface area (Å²) in [5.74, 6) is 1.55. The van der Waals surface area contributed by atoms with Crippen molar-refractivity contribution in [1.82, 2.24) is 0 Å². The van der Waals surface area contributed by atoms with E-state index in [2.05, 4.69) is 0 Å². The maximum absolute atomic E-state index is 11.8. The van der Waals surface area contributed by atoms with Crippen LogP contribution in [0.5, 0.6) is 11.5 Å². The number of benzene rings is 1. The lowest BCUT2D eigenvalue weighted by molar-refractivity contribution is -0.470. The SMILES string of the molecule is COc1ccc([N+]2=C(N)SC3CS(=O)(=O)CC32)cc1OC. The lowest BCUT2D eigenvalue weighted by Gasteiger charge is -2.13. The van der Waals surface area contributed by atoms with E-state index in [1.165, 1.54) is 11.8 Å². The summed E-state index contributed by atoms with van der Waals surface area (Å²) in [5.41, 5.74) is 6.91. The van der Waals surface area contributed by atoms with E-state index in [0.717, 1.165) is 5.69 Å². The van der Waals surface area contributed by atoms with Gasteiger partial charge in [0.25, 0.3) is 0 Å². The molecule has 0 bridgehead atoms. The Kier molecular flexibility index (Phi) is 3.53. The fourth-order valence-electron chi connectivity index (χ4n) is 2.82. The van der Waals surface area contributed by atoms with Crippen LogP contribution in [0.1, 0.15) is 0 Å². The second-order valence-corrected chi connectivity index (χ2v) is 8.46. The Hall–Kier alpha value is -1.41. The molecule has 8 heteroatoms. The molecule has 1 aromatic rings. The summed E-state index contributed by atoms with van der Waals surface area (Å²) in [6.45, 7) is 0. The lowest BCUT2D eigenvalue weighted by atomic mass is 10.2. The molecule has 0 amide bonds. The third kappa shape index (κ3) is 2.46. The van der Waals surface area contributed by atoms with Gasteiger partial charge in [0, 0.05) is 6.07 Å². The van der Waals surface area contributed by atoms with Gasteiger partial charge in [-0.2, -0.15) is 0 Å². The highest BCUT2D eigenvalue weighted by Gasteiger charge is 2.49. The third-order valence-electron chi connectivity index (χ3n) is 3.76. The van der Waals surface area contributed by atoms with E-state index in [0.29, 0.717) is 16.7 Å². The third-order valence-corrected chi connectivity index (χ3v) is 6.91. The number of hydrogen-bond acceptors (Lipinski definition) is 6. The number of nitrogens with two attached hydrogens (primary N) is 1. The first kappa shape index (κ1) is 14.5. The molecule has 2 unspecified atom stereocenters. The molecule has 0 radical (unpaired) electrons. The molecule has 1 fully saturated rings. The average molecular weight is 329 g/mol. The van der Waals surface area contributed by atoms with Crippen molar-refractivity contribution < 1.29 is 22.5 Å². The van der Waals surface area contributed by atoms with Gasteiger partial charge in [-0.05, 0) is 23.9 Å². The molecular weight excluding hydrogens is 312 g/mol. The van der Waals surface area contributed by atoms with Crippen LogP contribution < -0.4 is 15.2 Å². The number of fused-ring (bicyclic) bond motifs is 1. The molecule has 3 rings (SSSR count). The van der Waals surface area contributed by atoms with Crippen molar-refractivity contribution in [2.24, 2.45) is 5.73 Å². The zero-order chi connectivity index (χ0) is 15.2. The van der Waals surface area contributed by atoms with Crippen molar-refractivity contribution in [3.05, 3.63) is 18.2 Å². The van der Waals surface area contributed by atoms with Crippen LogP contribution in [0, 0.1) is 0 Å². The van der Waals surface area contributed by atoms with Crippen molar-refractivity contribution in [3.63, 3.8) is 0 Å². The number of nitrogens with zero attached hydrogens (tertiary/aromatic N) is 1. The van der Waals surface area contributed by atoms with Gasteiger partial charge in [0.15, 0.2) is 21.3 Å². The number of ether oxygens (including phenoxy) is 2. The minimum atomic E-state index is -2.99. The van der Waals surface area contributed by atoms with E-state index in [1.807, 2.05) is 16.7 Å². The van der Waals surface area contributed by atoms with E-state index >= 15 is 0 Å². The molecule has 2 heterocycles. The molecule has 0 spiro atoms. The van der Waals surface area contributed by atoms with Crippen LogP contribution in [0.15, 0.2) is 18.2 Å². The van der Waals surface area contributed by atoms with Crippen LogP contribution in [-0.4, -0.2) is 55.2 Å². The molecule has 0 saturated carbocycles. The molecule has 2 aliphatic heterocycles. The van der Waals surface area contributed by atoms with Gasteiger partial charge in [0.2, 0.25) is 0 Å². The van der Waals surface area contributed by atoms with Crippen LogP contribution in [0.4, 0.5) is 5.69 Å². The van der Waals surface area contributed by atoms with Crippen LogP contribution in [-0.2, 0) is 9.84 Å². The van der Waals surface area contributed by atoms with E-state index in [4.69, 9.17) is 15.2 Å². The topological polar surface area (TPSA) is 81.6 Å². The Morgan fingerprint density at radius 3 is 2.62 bits per heavy atom. The van der Waals surface area contributed by atoms with Gasteiger partial charge < -0.3 is 9.47 Å². The molecule has 0 aromatic heterocycles. The van der Waals surface area contributed by atoms with Crippen LogP contribution in [0.2, 0.25) is 0 Å². The number of methoxy groups -OCH3 is 2. The zero-order valence-electron chi connectivity index (χ0n) is 11.8. The molecule has 21 heavy (non-hydrogen) atoms. The number of thioether (sulfide) groups is 1. The number of sulfone groups is 1. The number of rotatable bonds is 3. The standard InChI is InChI=1S/C13H16N2O4S2/c1-18-10-4-3-8(5-11(10)19-2)15-9-6-21(16,17)7-12(9)20-13(15)14/h3-5,9,12,14H,6-7H2,1-2H3/p+1. The molecule has 114 valence electrons. The molecule has 1 aromatic carbocycles. The van der Waals surface area contributed by atoms with Crippen LogP contribution in [0.25, 0.3) is 0 Å². The summed E-state index contributed by atoms with van der Waals surface area (Å²) < 4.78 is 36.0.